The highest BCUT2D eigenvalue weighted by atomic mass is 16.3. The second-order valence-corrected chi connectivity index (χ2v) is 5.51. The van der Waals surface area contributed by atoms with Gasteiger partial charge in [-0.3, -0.25) is 0 Å². The van der Waals surface area contributed by atoms with Crippen LogP contribution in [0.2, 0.25) is 0 Å². The molecule has 0 aromatic carbocycles. The van der Waals surface area contributed by atoms with Crippen LogP contribution in [0, 0.1) is 11.3 Å². The van der Waals surface area contributed by atoms with Gasteiger partial charge in [0.2, 0.25) is 0 Å². The minimum atomic E-state index is -0.192. The quantitative estimate of drug-likeness (QED) is 0.686. The molecular formula is C14H22O. The maximum Gasteiger partial charge on any atom is 0.0723 e. The van der Waals surface area contributed by atoms with E-state index in [0.717, 1.165) is 18.8 Å². The average molecular weight is 206 g/mol. The molecule has 0 aromatic heterocycles. The van der Waals surface area contributed by atoms with Crippen LogP contribution in [0.4, 0.5) is 0 Å². The van der Waals surface area contributed by atoms with Crippen molar-refractivity contribution in [2.24, 2.45) is 11.3 Å². The number of allylic oxidation sites excluding steroid dienone is 3. The summed E-state index contributed by atoms with van der Waals surface area (Å²) in [5, 5.41) is 9.69. The lowest BCUT2D eigenvalue weighted by Crippen LogP contribution is -2.27. The topological polar surface area (TPSA) is 20.2 Å². The maximum atomic E-state index is 9.69. The van der Waals surface area contributed by atoms with E-state index in [-0.39, 0.29) is 11.5 Å². The summed E-state index contributed by atoms with van der Waals surface area (Å²) in [6.45, 7) is 4.68. The molecule has 84 valence electrons. The van der Waals surface area contributed by atoms with Crippen LogP contribution < -0.4 is 0 Å². The second-order valence-electron chi connectivity index (χ2n) is 5.51. The van der Waals surface area contributed by atoms with Gasteiger partial charge < -0.3 is 5.11 Å². The van der Waals surface area contributed by atoms with Crippen LogP contribution in [0.3, 0.4) is 0 Å². The molecule has 0 saturated heterocycles. The molecule has 0 spiro atoms. The molecular weight excluding hydrogens is 184 g/mol. The van der Waals surface area contributed by atoms with Gasteiger partial charge in [-0.15, -0.1) is 0 Å². The summed E-state index contributed by atoms with van der Waals surface area (Å²) in [4.78, 5) is 0. The van der Waals surface area contributed by atoms with Gasteiger partial charge in [-0.2, -0.15) is 0 Å². The number of aliphatic hydroxyl groups is 1. The molecule has 0 fully saturated rings. The lowest BCUT2D eigenvalue weighted by atomic mass is 9.69. The Hall–Kier alpha value is -0.560. The molecule has 1 heteroatoms. The van der Waals surface area contributed by atoms with E-state index >= 15 is 0 Å². The normalized spacial score (nSPS) is 28.2. The second kappa shape index (κ2) is 4.13. The highest BCUT2D eigenvalue weighted by molar-refractivity contribution is 5.20. The Balaban J connectivity index is 2.13. The zero-order chi connectivity index (χ0) is 10.9. The van der Waals surface area contributed by atoms with Crippen molar-refractivity contribution in [1.82, 2.24) is 0 Å². The minimum Gasteiger partial charge on any atom is -0.389 e. The van der Waals surface area contributed by atoms with Gasteiger partial charge in [0.25, 0.3) is 0 Å². The van der Waals surface area contributed by atoms with Crippen molar-refractivity contribution in [2.75, 3.05) is 0 Å². The Labute approximate surface area is 92.9 Å². The zero-order valence-electron chi connectivity index (χ0n) is 9.87. The van der Waals surface area contributed by atoms with Gasteiger partial charge in [-0.05, 0) is 43.4 Å². The predicted molar refractivity (Wildman–Crippen MR) is 63.6 cm³/mol. The molecule has 0 heterocycles. The third kappa shape index (κ3) is 2.17. The summed E-state index contributed by atoms with van der Waals surface area (Å²) >= 11 is 0. The van der Waals surface area contributed by atoms with Crippen molar-refractivity contribution < 1.29 is 5.11 Å². The van der Waals surface area contributed by atoms with Gasteiger partial charge in [0.1, 0.15) is 0 Å². The highest BCUT2D eigenvalue weighted by Gasteiger charge is 2.34. The van der Waals surface area contributed by atoms with Gasteiger partial charge in [0.05, 0.1) is 6.10 Å². The fourth-order valence-electron chi connectivity index (χ4n) is 2.91. The Morgan fingerprint density at radius 2 is 1.93 bits per heavy atom. The van der Waals surface area contributed by atoms with Gasteiger partial charge in [0, 0.05) is 0 Å². The maximum absolute atomic E-state index is 9.69. The van der Waals surface area contributed by atoms with Crippen molar-refractivity contribution in [1.29, 1.82) is 0 Å². The predicted octanol–water partition coefficient (Wildman–Crippen LogP) is 3.45. The van der Waals surface area contributed by atoms with E-state index in [1.807, 2.05) is 0 Å². The molecule has 0 bridgehead atoms. The van der Waals surface area contributed by atoms with Crippen LogP contribution in [0.25, 0.3) is 0 Å². The number of hydrogen-bond acceptors (Lipinski definition) is 1. The summed E-state index contributed by atoms with van der Waals surface area (Å²) in [5.41, 5.74) is 1.75. The first-order valence-corrected chi connectivity index (χ1v) is 6.15. The molecule has 0 aliphatic heterocycles. The van der Waals surface area contributed by atoms with Crippen LogP contribution in [-0.4, -0.2) is 11.2 Å². The lowest BCUT2D eigenvalue weighted by molar-refractivity contribution is 0.186. The Bertz CT molecular complexity index is 278. The first-order chi connectivity index (χ1) is 7.10. The van der Waals surface area contributed by atoms with Gasteiger partial charge >= 0.3 is 0 Å². The number of aliphatic hydroxyl groups excluding tert-OH is 1. The van der Waals surface area contributed by atoms with E-state index in [1.54, 1.807) is 0 Å². The van der Waals surface area contributed by atoms with E-state index in [1.165, 1.54) is 24.8 Å². The highest BCUT2D eigenvalue weighted by Crippen LogP contribution is 2.44. The molecule has 15 heavy (non-hydrogen) atoms. The fourth-order valence-corrected chi connectivity index (χ4v) is 2.91. The molecule has 1 N–H and O–H groups in total. The first-order valence-electron chi connectivity index (χ1n) is 6.15. The van der Waals surface area contributed by atoms with Crippen LogP contribution in [0.15, 0.2) is 23.8 Å². The van der Waals surface area contributed by atoms with Crippen LogP contribution in [0.5, 0.6) is 0 Å². The van der Waals surface area contributed by atoms with E-state index < -0.39 is 0 Å². The smallest absolute Gasteiger partial charge is 0.0723 e. The SMILES string of the molecule is CC(C)(C1=CC(O)CCC1)C1CC=CC1. The first kappa shape index (κ1) is 10.9. The molecule has 0 saturated carbocycles. The lowest BCUT2D eigenvalue weighted by Gasteiger charge is -2.37. The third-order valence-electron chi connectivity index (χ3n) is 4.20. The fraction of sp³-hybridized carbons (Fsp3) is 0.714. The molecule has 2 aliphatic carbocycles. The number of hydrogen-bond donors (Lipinski definition) is 1. The summed E-state index contributed by atoms with van der Waals surface area (Å²) in [6, 6.07) is 0. The molecule has 0 aromatic rings. The van der Waals surface area contributed by atoms with Crippen molar-refractivity contribution in [3.63, 3.8) is 0 Å². The Morgan fingerprint density at radius 1 is 1.27 bits per heavy atom. The van der Waals surface area contributed by atoms with Crippen LogP contribution >= 0.6 is 0 Å². The largest absolute Gasteiger partial charge is 0.389 e. The van der Waals surface area contributed by atoms with Gasteiger partial charge in [0.15, 0.2) is 0 Å². The van der Waals surface area contributed by atoms with Crippen molar-refractivity contribution >= 4 is 0 Å². The van der Waals surface area contributed by atoms with E-state index in [0.29, 0.717) is 0 Å². The van der Waals surface area contributed by atoms with Crippen LogP contribution in [-0.2, 0) is 0 Å². The Kier molecular flexibility index (Phi) is 3.01. The van der Waals surface area contributed by atoms with Gasteiger partial charge in [-0.1, -0.05) is 37.6 Å². The van der Waals surface area contributed by atoms with Crippen molar-refractivity contribution in [3.8, 4) is 0 Å². The molecule has 2 rings (SSSR count). The molecule has 0 radical (unpaired) electrons. The standard InChI is InChI=1S/C14H22O/c1-14(2,11-6-3-4-7-11)12-8-5-9-13(15)10-12/h3-4,10-11,13,15H,5-9H2,1-2H3. The summed E-state index contributed by atoms with van der Waals surface area (Å²) < 4.78 is 0. The summed E-state index contributed by atoms with van der Waals surface area (Å²) in [7, 11) is 0. The van der Waals surface area contributed by atoms with Crippen molar-refractivity contribution in [2.45, 2.75) is 52.1 Å². The monoisotopic (exact) mass is 206 g/mol. The van der Waals surface area contributed by atoms with Crippen molar-refractivity contribution in [3.05, 3.63) is 23.8 Å². The molecule has 0 amide bonds. The van der Waals surface area contributed by atoms with Gasteiger partial charge in [-0.25, -0.2) is 0 Å². The zero-order valence-corrected chi connectivity index (χ0v) is 9.87. The number of rotatable bonds is 2. The van der Waals surface area contributed by atoms with Crippen LogP contribution in [0.1, 0.15) is 46.0 Å². The third-order valence-corrected chi connectivity index (χ3v) is 4.20. The van der Waals surface area contributed by atoms with E-state index in [9.17, 15) is 5.11 Å². The van der Waals surface area contributed by atoms with E-state index in [2.05, 4.69) is 32.1 Å². The molecule has 1 nitrogen and oxygen atoms in total. The summed E-state index contributed by atoms with van der Waals surface area (Å²) in [5.74, 6) is 0.744. The molecule has 1 atom stereocenters. The molecule has 1 unspecified atom stereocenters. The molecule has 2 aliphatic rings. The van der Waals surface area contributed by atoms with E-state index in [4.69, 9.17) is 0 Å². The minimum absolute atomic E-state index is 0.192. The summed E-state index contributed by atoms with van der Waals surface area (Å²) in [6.07, 6.45) is 12.2. The average Bonchev–Trinajstić information content (AvgIpc) is 2.71. The Morgan fingerprint density at radius 3 is 2.53 bits per heavy atom.